The number of aromatic amines is 1. The summed E-state index contributed by atoms with van der Waals surface area (Å²) in [6, 6.07) is 0. The Morgan fingerprint density at radius 1 is 1.55 bits per heavy atom. The van der Waals surface area contributed by atoms with Crippen molar-refractivity contribution >= 4 is 0 Å². The Labute approximate surface area is 65.9 Å². The van der Waals surface area contributed by atoms with Crippen molar-refractivity contribution in [1.82, 2.24) is 4.98 Å². The first kappa shape index (κ1) is 6.40. The smallest absolute Gasteiger partial charge is 0.241 e. The van der Waals surface area contributed by atoms with Crippen LogP contribution in [0.2, 0.25) is 0 Å². The lowest BCUT2D eigenvalue weighted by atomic mass is 10.3. The van der Waals surface area contributed by atoms with E-state index in [1.165, 1.54) is 5.57 Å². The minimum atomic E-state index is 0.986. The summed E-state index contributed by atoms with van der Waals surface area (Å²) in [6.45, 7) is 0.986. The molecule has 2 rings (SSSR count). The van der Waals surface area contributed by atoms with E-state index >= 15 is 0 Å². The van der Waals surface area contributed by atoms with Crippen LogP contribution < -0.4 is 4.57 Å². The molecule has 0 atom stereocenters. The molecule has 0 spiro atoms. The SMILES string of the molecule is C1=CC(C[n+]2cc[nH]c2)=CC1. The van der Waals surface area contributed by atoms with Crippen molar-refractivity contribution in [2.75, 3.05) is 0 Å². The lowest BCUT2D eigenvalue weighted by Crippen LogP contribution is -2.30. The summed E-state index contributed by atoms with van der Waals surface area (Å²) in [5.41, 5.74) is 1.40. The van der Waals surface area contributed by atoms with E-state index < -0.39 is 0 Å². The summed E-state index contributed by atoms with van der Waals surface area (Å²) in [4.78, 5) is 3.02. The van der Waals surface area contributed by atoms with Gasteiger partial charge in [-0.3, -0.25) is 4.98 Å². The highest BCUT2D eigenvalue weighted by Crippen LogP contribution is 2.07. The van der Waals surface area contributed by atoms with E-state index in [1.807, 2.05) is 18.7 Å². The summed E-state index contributed by atoms with van der Waals surface area (Å²) in [5.74, 6) is 0. The van der Waals surface area contributed by atoms with Crippen molar-refractivity contribution in [2.24, 2.45) is 0 Å². The van der Waals surface area contributed by atoms with Crippen LogP contribution in [0.4, 0.5) is 0 Å². The zero-order chi connectivity index (χ0) is 7.52. The molecule has 56 valence electrons. The Balaban J connectivity index is 2.06. The third kappa shape index (κ3) is 1.40. The highest BCUT2D eigenvalue weighted by atomic mass is 15.0. The largest absolute Gasteiger partial charge is 0.250 e. The number of rotatable bonds is 2. The lowest BCUT2D eigenvalue weighted by Gasteiger charge is -1.92. The van der Waals surface area contributed by atoms with Gasteiger partial charge in [-0.15, -0.1) is 0 Å². The zero-order valence-electron chi connectivity index (χ0n) is 6.33. The van der Waals surface area contributed by atoms with Gasteiger partial charge in [-0.1, -0.05) is 18.2 Å². The van der Waals surface area contributed by atoms with Gasteiger partial charge in [-0.05, 0) is 12.0 Å². The average Bonchev–Trinajstić information content (AvgIpc) is 2.60. The number of allylic oxidation sites excluding steroid dienone is 4. The first-order chi connectivity index (χ1) is 5.45. The van der Waals surface area contributed by atoms with E-state index in [1.54, 1.807) is 0 Å². The van der Waals surface area contributed by atoms with Crippen molar-refractivity contribution in [2.45, 2.75) is 13.0 Å². The molecular formula is C9H11N2+. The van der Waals surface area contributed by atoms with Gasteiger partial charge in [0, 0.05) is 0 Å². The van der Waals surface area contributed by atoms with E-state index in [2.05, 4.69) is 27.8 Å². The van der Waals surface area contributed by atoms with Gasteiger partial charge in [0.05, 0.1) is 0 Å². The third-order valence-electron chi connectivity index (χ3n) is 1.82. The van der Waals surface area contributed by atoms with E-state index in [4.69, 9.17) is 0 Å². The minimum Gasteiger partial charge on any atom is -0.250 e. The molecular weight excluding hydrogens is 136 g/mol. The molecule has 2 nitrogen and oxygen atoms in total. The molecule has 0 radical (unpaired) electrons. The predicted molar refractivity (Wildman–Crippen MR) is 42.8 cm³/mol. The molecule has 0 saturated heterocycles. The highest BCUT2D eigenvalue weighted by molar-refractivity contribution is 5.24. The number of imidazole rings is 1. The van der Waals surface area contributed by atoms with E-state index in [-0.39, 0.29) is 0 Å². The van der Waals surface area contributed by atoms with Crippen LogP contribution in [-0.2, 0) is 6.54 Å². The van der Waals surface area contributed by atoms with Gasteiger partial charge in [0.15, 0.2) is 0 Å². The van der Waals surface area contributed by atoms with Crippen LogP contribution in [0.3, 0.4) is 0 Å². The first-order valence-electron chi connectivity index (χ1n) is 3.82. The normalized spacial score (nSPS) is 15.5. The van der Waals surface area contributed by atoms with Crippen LogP contribution in [0.5, 0.6) is 0 Å². The topological polar surface area (TPSA) is 19.7 Å². The second kappa shape index (κ2) is 2.74. The maximum Gasteiger partial charge on any atom is 0.241 e. The molecule has 0 aliphatic heterocycles. The Hall–Kier alpha value is -1.31. The minimum absolute atomic E-state index is 0.986. The summed E-state index contributed by atoms with van der Waals surface area (Å²) >= 11 is 0. The van der Waals surface area contributed by atoms with Gasteiger partial charge in [0.25, 0.3) is 0 Å². The average molecular weight is 147 g/mol. The van der Waals surface area contributed by atoms with Crippen LogP contribution in [0.1, 0.15) is 6.42 Å². The van der Waals surface area contributed by atoms with Crippen LogP contribution in [0, 0.1) is 0 Å². The lowest BCUT2D eigenvalue weighted by molar-refractivity contribution is -0.687. The number of nitrogens with one attached hydrogen (secondary N) is 1. The summed E-state index contributed by atoms with van der Waals surface area (Å²) in [6.07, 6.45) is 13.6. The number of hydrogen-bond donors (Lipinski definition) is 1. The number of nitrogens with zero attached hydrogens (tertiary/aromatic N) is 1. The van der Waals surface area contributed by atoms with Crippen molar-refractivity contribution in [3.05, 3.63) is 42.5 Å². The molecule has 0 saturated carbocycles. The quantitative estimate of drug-likeness (QED) is 0.606. The second-order valence-corrected chi connectivity index (χ2v) is 2.70. The fourth-order valence-corrected chi connectivity index (χ4v) is 1.25. The molecule has 0 unspecified atom stereocenters. The fourth-order valence-electron chi connectivity index (χ4n) is 1.25. The van der Waals surface area contributed by atoms with Crippen LogP contribution in [0.15, 0.2) is 42.5 Å². The summed E-state index contributed by atoms with van der Waals surface area (Å²) < 4.78 is 2.13. The van der Waals surface area contributed by atoms with E-state index in [0.29, 0.717) is 0 Å². The predicted octanol–water partition coefficient (Wildman–Crippen LogP) is 1.19. The molecule has 0 fully saturated rings. The molecule has 1 aromatic rings. The molecule has 1 N–H and O–H groups in total. The summed E-state index contributed by atoms with van der Waals surface area (Å²) in [5, 5.41) is 0. The van der Waals surface area contributed by atoms with Gasteiger partial charge in [0.2, 0.25) is 6.33 Å². The van der Waals surface area contributed by atoms with Gasteiger partial charge in [-0.2, -0.15) is 0 Å². The van der Waals surface area contributed by atoms with Gasteiger partial charge in [0.1, 0.15) is 18.9 Å². The van der Waals surface area contributed by atoms with Crippen LogP contribution in [0.25, 0.3) is 0 Å². The molecule has 1 aromatic heterocycles. The molecule has 11 heavy (non-hydrogen) atoms. The van der Waals surface area contributed by atoms with Crippen molar-refractivity contribution in [3.8, 4) is 0 Å². The maximum atomic E-state index is 3.02. The van der Waals surface area contributed by atoms with E-state index in [9.17, 15) is 0 Å². The number of aromatic nitrogens is 2. The molecule has 0 amide bonds. The maximum absolute atomic E-state index is 3.02. The highest BCUT2D eigenvalue weighted by Gasteiger charge is 2.01. The van der Waals surface area contributed by atoms with Crippen molar-refractivity contribution in [1.29, 1.82) is 0 Å². The second-order valence-electron chi connectivity index (χ2n) is 2.70. The van der Waals surface area contributed by atoms with E-state index in [0.717, 1.165) is 13.0 Å². The molecule has 0 bridgehead atoms. The molecule has 1 aliphatic carbocycles. The van der Waals surface area contributed by atoms with Gasteiger partial charge < -0.3 is 0 Å². The molecule has 0 aromatic carbocycles. The third-order valence-corrected chi connectivity index (χ3v) is 1.82. The number of hydrogen-bond acceptors (Lipinski definition) is 0. The Bertz CT molecular complexity index is 281. The number of H-pyrrole nitrogens is 1. The van der Waals surface area contributed by atoms with Gasteiger partial charge in [-0.25, -0.2) is 4.57 Å². The molecule has 1 aliphatic rings. The Kier molecular flexibility index (Phi) is 1.60. The van der Waals surface area contributed by atoms with Crippen LogP contribution in [-0.4, -0.2) is 4.98 Å². The van der Waals surface area contributed by atoms with Crippen molar-refractivity contribution < 1.29 is 4.57 Å². The van der Waals surface area contributed by atoms with Crippen molar-refractivity contribution in [3.63, 3.8) is 0 Å². The molecule has 1 heterocycles. The monoisotopic (exact) mass is 147 g/mol. The first-order valence-corrected chi connectivity index (χ1v) is 3.82. The summed E-state index contributed by atoms with van der Waals surface area (Å²) in [7, 11) is 0. The Morgan fingerprint density at radius 3 is 3.18 bits per heavy atom. The van der Waals surface area contributed by atoms with Gasteiger partial charge >= 0.3 is 0 Å². The Morgan fingerprint density at radius 2 is 2.55 bits per heavy atom. The zero-order valence-corrected chi connectivity index (χ0v) is 6.33. The fraction of sp³-hybridized carbons (Fsp3) is 0.222. The molecule has 2 heteroatoms. The van der Waals surface area contributed by atoms with Crippen LogP contribution >= 0.6 is 0 Å². The standard InChI is InChI=1S/C9H10N2/c1-2-4-9(3-1)7-11-6-5-10-8-11/h1,3-6,8H,2,7H2/p+1.